The minimum absolute atomic E-state index is 0.0597. The number of aryl methyl sites for hydroxylation is 1. The maximum absolute atomic E-state index is 13.0. The molecular weight excluding hydrogens is 378 g/mol. The van der Waals surface area contributed by atoms with Gasteiger partial charge < -0.3 is 15.0 Å². The quantitative estimate of drug-likeness (QED) is 0.753. The summed E-state index contributed by atoms with van der Waals surface area (Å²) in [7, 11) is -3.60. The Hall–Kier alpha value is -1.48. The fraction of sp³-hybridized carbons (Fsp3) is 0.650. The fourth-order valence-electron chi connectivity index (χ4n) is 3.93. The standard InChI is InChI=1S/C20H31N3O4S/c1-16-7-8-18(15-19(16)28(25,26)23-11-13-27-14-12-23)21-20(24)17(2)22-9-5-3-4-6-10-22/h7-8,15,17H,3-6,9-14H2,1-2H3,(H,21,24)/p+1/t17-/m0/s1. The van der Waals surface area contributed by atoms with Crippen LogP contribution in [0.2, 0.25) is 0 Å². The van der Waals surface area contributed by atoms with Crippen LogP contribution in [0.4, 0.5) is 5.69 Å². The smallest absolute Gasteiger partial charge is 0.282 e. The van der Waals surface area contributed by atoms with Crippen molar-refractivity contribution in [3.63, 3.8) is 0 Å². The first-order chi connectivity index (χ1) is 13.4. The number of carbonyl (C=O) groups is 1. The summed E-state index contributed by atoms with van der Waals surface area (Å²) < 4.78 is 32.8. The van der Waals surface area contributed by atoms with Crippen LogP contribution in [0, 0.1) is 6.92 Å². The molecule has 2 aliphatic rings. The number of quaternary nitrogens is 1. The van der Waals surface area contributed by atoms with Crippen LogP contribution in [-0.2, 0) is 19.6 Å². The lowest BCUT2D eigenvalue weighted by molar-refractivity contribution is -0.913. The fourth-order valence-corrected chi connectivity index (χ4v) is 5.59. The highest BCUT2D eigenvalue weighted by atomic mass is 32.2. The Morgan fingerprint density at radius 1 is 1.14 bits per heavy atom. The summed E-state index contributed by atoms with van der Waals surface area (Å²) in [5.74, 6) is -0.0597. The maximum Gasteiger partial charge on any atom is 0.282 e. The number of rotatable bonds is 5. The van der Waals surface area contributed by atoms with Crippen molar-refractivity contribution in [3.8, 4) is 0 Å². The third-order valence-corrected chi connectivity index (χ3v) is 7.84. The van der Waals surface area contributed by atoms with Gasteiger partial charge in [-0.05, 0) is 57.2 Å². The molecule has 0 aromatic heterocycles. The second-order valence-electron chi connectivity index (χ2n) is 7.78. The molecule has 2 heterocycles. The van der Waals surface area contributed by atoms with Crippen molar-refractivity contribution in [2.75, 3.05) is 44.7 Å². The van der Waals surface area contributed by atoms with Crippen LogP contribution in [0.3, 0.4) is 0 Å². The summed E-state index contributed by atoms with van der Waals surface area (Å²) in [6.07, 6.45) is 4.77. The van der Waals surface area contributed by atoms with Crippen LogP contribution >= 0.6 is 0 Å². The number of nitrogens with zero attached hydrogens (tertiary/aromatic N) is 1. The van der Waals surface area contributed by atoms with E-state index in [1.165, 1.54) is 22.0 Å². The molecule has 156 valence electrons. The Labute approximate surface area is 168 Å². The molecule has 7 nitrogen and oxygen atoms in total. The Morgan fingerprint density at radius 3 is 2.43 bits per heavy atom. The highest BCUT2D eigenvalue weighted by Gasteiger charge is 2.29. The second kappa shape index (κ2) is 9.35. The van der Waals surface area contributed by atoms with Crippen LogP contribution in [0.5, 0.6) is 0 Å². The van der Waals surface area contributed by atoms with Gasteiger partial charge in [-0.1, -0.05) is 6.07 Å². The number of sulfonamides is 1. The van der Waals surface area contributed by atoms with Gasteiger partial charge in [0, 0.05) is 18.8 Å². The number of amides is 1. The van der Waals surface area contributed by atoms with E-state index in [2.05, 4.69) is 5.32 Å². The van der Waals surface area contributed by atoms with Crippen molar-refractivity contribution >= 4 is 21.6 Å². The zero-order valence-corrected chi connectivity index (χ0v) is 17.7. The molecule has 0 unspecified atom stereocenters. The van der Waals surface area contributed by atoms with Crippen LogP contribution in [0.1, 0.15) is 38.2 Å². The summed E-state index contributed by atoms with van der Waals surface area (Å²) in [6, 6.07) is 4.96. The molecule has 2 saturated heterocycles. The normalized spacial score (nSPS) is 21.1. The van der Waals surface area contributed by atoms with E-state index >= 15 is 0 Å². The minimum Gasteiger partial charge on any atom is -0.379 e. The highest BCUT2D eigenvalue weighted by molar-refractivity contribution is 7.89. The molecule has 28 heavy (non-hydrogen) atoms. The number of carbonyl (C=O) groups excluding carboxylic acids is 1. The number of morpholine rings is 1. The number of benzene rings is 1. The Morgan fingerprint density at radius 2 is 1.79 bits per heavy atom. The first-order valence-electron chi connectivity index (χ1n) is 10.2. The summed E-state index contributed by atoms with van der Waals surface area (Å²) in [4.78, 5) is 14.3. The van der Waals surface area contributed by atoms with Gasteiger partial charge in [-0.15, -0.1) is 0 Å². The molecule has 1 amide bonds. The molecule has 3 rings (SSSR count). The summed E-state index contributed by atoms with van der Waals surface area (Å²) in [6.45, 7) is 7.29. The van der Waals surface area contributed by atoms with E-state index in [0.29, 0.717) is 37.6 Å². The largest absolute Gasteiger partial charge is 0.379 e. The predicted octanol–water partition coefficient (Wildman–Crippen LogP) is 0.802. The molecule has 1 aromatic rings. The molecule has 0 spiro atoms. The lowest BCUT2D eigenvalue weighted by atomic mass is 10.2. The van der Waals surface area contributed by atoms with Crippen LogP contribution in [0.15, 0.2) is 23.1 Å². The van der Waals surface area contributed by atoms with Gasteiger partial charge in [0.15, 0.2) is 6.04 Å². The van der Waals surface area contributed by atoms with Crippen LogP contribution < -0.4 is 10.2 Å². The molecule has 2 N–H and O–H groups in total. The molecular formula is C20H32N3O4S+. The zero-order chi connectivity index (χ0) is 20.1. The molecule has 1 atom stereocenters. The highest BCUT2D eigenvalue weighted by Crippen LogP contribution is 2.24. The monoisotopic (exact) mass is 410 g/mol. The topological polar surface area (TPSA) is 80.2 Å². The van der Waals surface area contributed by atoms with Gasteiger partial charge in [0.1, 0.15) is 0 Å². The first-order valence-corrected chi connectivity index (χ1v) is 11.7. The van der Waals surface area contributed by atoms with Crippen molar-refractivity contribution in [1.82, 2.24) is 4.31 Å². The molecule has 2 aliphatic heterocycles. The maximum atomic E-state index is 13.0. The van der Waals surface area contributed by atoms with Crippen LogP contribution in [-0.4, -0.2) is 64.1 Å². The number of hydrogen-bond acceptors (Lipinski definition) is 4. The van der Waals surface area contributed by atoms with E-state index in [1.54, 1.807) is 25.1 Å². The van der Waals surface area contributed by atoms with E-state index in [0.717, 1.165) is 25.9 Å². The molecule has 2 fully saturated rings. The average Bonchev–Trinajstić information content (AvgIpc) is 2.99. The molecule has 8 heteroatoms. The van der Waals surface area contributed by atoms with E-state index in [4.69, 9.17) is 4.74 Å². The molecule has 0 aliphatic carbocycles. The van der Waals surface area contributed by atoms with Gasteiger partial charge in [0.05, 0.1) is 31.2 Å². The third-order valence-electron chi connectivity index (χ3n) is 5.79. The Kier molecular flexibility index (Phi) is 7.09. The van der Waals surface area contributed by atoms with Crippen molar-refractivity contribution in [2.45, 2.75) is 50.5 Å². The van der Waals surface area contributed by atoms with Gasteiger partial charge in [-0.2, -0.15) is 4.31 Å². The second-order valence-corrected chi connectivity index (χ2v) is 9.69. The van der Waals surface area contributed by atoms with Gasteiger partial charge in [-0.25, -0.2) is 8.42 Å². The van der Waals surface area contributed by atoms with E-state index < -0.39 is 10.0 Å². The predicted molar refractivity (Wildman–Crippen MR) is 108 cm³/mol. The van der Waals surface area contributed by atoms with E-state index in [-0.39, 0.29) is 16.8 Å². The van der Waals surface area contributed by atoms with Crippen molar-refractivity contribution in [3.05, 3.63) is 23.8 Å². The van der Waals surface area contributed by atoms with Gasteiger partial charge in [0.2, 0.25) is 10.0 Å². The summed E-state index contributed by atoms with van der Waals surface area (Å²) >= 11 is 0. The van der Waals surface area contributed by atoms with Crippen molar-refractivity contribution in [1.29, 1.82) is 0 Å². The molecule has 0 saturated carbocycles. The van der Waals surface area contributed by atoms with Gasteiger partial charge >= 0.3 is 0 Å². The molecule has 1 aromatic carbocycles. The third kappa shape index (κ3) is 4.92. The molecule has 0 bridgehead atoms. The zero-order valence-electron chi connectivity index (χ0n) is 16.9. The number of ether oxygens (including phenoxy) is 1. The first kappa shape index (κ1) is 21.2. The summed E-state index contributed by atoms with van der Waals surface area (Å²) in [5.41, 5.74) is 1.21. The van der Waals surface area contributed by atoms with Crippen molar-refractivity contribution < 1.29 is 22.8 Å². The number of nitrogens with one attached hydrogen (secondary N) is 2. The van der Waals surface area contributed by atoms with E-state index in [9.17, 15) is 13.2 Å². The van der Waals surface area contributed by atoms with Gasteiger partial charge in [0.25, 0.3) is 5.91 Å². The number of hydrogen-bond donors (Lipinski definition) is 2. The molecule has 0 radical (unpaired) electrons. The van der Waals surface area contributed by atoms with Crippen LogP contribution in [0.25, 0.3) is 0 Å². The van der Waals surface area contributed by atoms with Gasteiger partial charge in [-0.3, -0.25) is 4.79 Å². The lowest BCUT2D eigenvalue weighted by Gasteiger charge is -2.27. The number of likely N-dealkylation sites (tertiary alicyclic amines) is 1. The minimum atomic E-state index is -3.60. The Balaban J connectivity index is 1.74. The lowest BCUT2D eigenvalue weighted by Crippen LogP contribution is -3.16. The van der Waals surface area contributed by atoms with E-state index in [1.807, 2.05) is 6.92 Å². The Bertz CT molecular complexity index is 783. The van der Waals surface area contributed by atoms with Crippen molar-refractivity contribution in [2.24, 2.45) is 0 Å². The SMILES string of the molecule is Cc1ccc(NC(=O)[C@H](C)[NH+]2CCCCCC2)cc1S(=O)(=O)N1CCOCC1. The number of anilines is 1. The summed E-state index contributed by atoms with van der Waals surface area (Å²) in [5, 5.41) is 2.93. The average molecular weight is 411 g/mol.